The van der Waals surface area contributed by atoms with Crippen molar-refractivity contribution in [2.45, 2.75) is 18.9 Å². The third kappa shape index (κ3) is 6.10. The second kappa shape index (κ2) is 10.3. The molecule has 1 fully saturated rings. The molecule has 3 rings (SSSR count). The lowest BCUT2D eigenvalue weighted by Gasteiger charge is -2.21. The minimum atomic E-state index is -0.430. The van der Waals surface area contributed by atoms with Crippen LogP contribution in [0.25, 0.3) is 0 Å². The van der Waals surface area contributed by atoms with Crippen molar-refractivity contribution in [3.8, 4) is 0 Å². The van der Waals surface area contributed by atoms with Crippen molar-refractivity contribution in [2.24, 2.45) is 16.6 Å². The molecule has 0 aliphatic carbocycles. The number of carbonyl (C=O) groups excluding carboxylic acids is 1. The van der Waals surface area contributed by atoms with Gasteiger partial charge in [-0.25, -0.2) is 4.39 Å². The first-order valence-electron chi connectivity index (χ1n) is 9.96. The maximum absolute atomic E-state index is 13.1. The highest BCUT2D eigenvalue weighted by atomic mass is 35.5. The largest absolute Gasteiger partial charge is 0.369 e. The molecular formula is C22H27ClFN5O. The highest BCUT2D eigenvalue weighted by Crippen LogP contribution is 2.23. The van der Waals surface area contributed by atoms with Crippen molar-refractivity contribution in [3.05, 3.63) is 64.9 Å². The van der Waals surface area contributed by atoms with E-state index in [9.17, 15) is 9.18 Å². The first-order chi connectivity index (χ1) is 14.4. The number of anilines is 1. The number of nitrogens with zero attached hydrogens (tertiary/aromatic N) is 2. The van der Waals surface area contributed by atoms with Crippen LogP contribution in [0.15, 0.2) is 53.5 Å². The number of aliphatic imine (C=N–C) groups is 1. The van der Waals surface area contributed by atoms with Crippen molar-refractivity contribution >= 4 is 29.2 Å². The van der Waals surface area contributed by atoms with Crippen molar-refractivity contribution in [3.63, 3.8) is 0 Å². The van der Waals surface area contributed by atoms with Gasteiger partial charge in [0.15, 0.2) is 5.96 Å². The van der Waals surface area contributed by atoms with Gasteiger partial charge in [-0.05, 0) is 48.7 Å². The summed E-state index contributed by atoms with van der Waals surface area (Å²) < 4.78 is 13.1. The quantitative estimate of drug-likeness (QED) is 0.465. The van der Waals surface area contributed by atoms with Gasteiger partial charge in [0, 0.05) is 43.4 Å². The third-order valence-corrected chi connectivity index (χ3v) is 5.47. The Morgan fingerprint density at radius 1 is 1.33 bits per heavy atom. The van der Waals surface area contributed by atoms with Gasteiger partial charge in [0.25, 0.3) is 0 Å². The molecule has 1 aliphatic heterocycles. The third-order valence-electron chi connectivity index (χ3n) is 5.24. The Bertz CT molecular complexity index is 889. The van der Waals surface area contributed by atoms with Crippen LogP contribution in [0.1, 0.15) is 12.0 Å². The summed E-state index contributed by atoms with van der Waals surface area (Å²) in [5, 5.41) is 7.33. The van der Waals surface area contributed by atoms with Crippen molar-refractivity contribution < 1.29 is 9.18 Å². The Morgan fingerprint density at radius 3 is 2.77 bits per heavy atom. The number of carbonyl (C=O) groups is 1. The minimum Gasteiger partial charge on any atom is -0.369 e. The number of hydrogen-bond donors (Lipinski definition) is 3. The van der Waals surface area contributed by atoms with Crippen molar-refractivity contribution in [2.75, 3.05) is 31.6 Å². The van der Waals surface area contributed by atoms with E-state index in [1.165, 1.54) is 12.1 Å². The standard InChI is InChI=1S/C22H27ClFN5O/c1-26-22(27-13-16(21(25)30)11-15-5-7-18(24)8-6-15)28-19-9-10-29(14-19)20-4-2-3-17(23)12-20/h2-8,12,16,19H,9-11,13-14H2,1H3,(H2,25,30)(H2,26,27,28). The average molecular weight is 432 g/mol. The zero-order chi connectivity index (χ0) is 21.5. The molecule has 0 spiro atoms. The zero-order valence-corrected chi connectivity index (χ0v) is 17.7. The van der Waals surface area contributed by atoms with Gasteiger partial charge in [0.05, 0.1) is 5.92 Å². The first kappa shape index (κ1) is 21.9. The molecule has 2 atom stereocenters. The molecule has 0 radical (unpaired) electrons. The van der Waals surface area contributed by atoms with E-state index in [0.29, 0.717) is 18.9 Å². The maximum Gasteiger partial charge on any atom is 0.222 e. The fourth-order valence-electron chi connectivity index (χ4n) is 3.57. The summed E-state index contributed by atoms with van der Waals surface area (Å²) in [6, 6.07) is 14.1. The van der Waals surface area contributed by atoms with Crippen LogP contribution >= 0.6 is 11.6 Å². The lowest BCUT2D eigenvalue weighted by atomic mass is 9.98. The number of rotatable bonds is 7. The van der Waals surface area contributed by atoms with Crippen LogP contribution in [-0.2, 0) is 11.2 Å². The Hall–Kier alpha value is -2.80. The fourth-order valence-corrected chi connectivity index (χ4v) is 3.76. The molecule has 2 unspecified atom stereocenters. The molecule has 30 heavy (non-hydrogen) atoms. The van der Waals surface area contributed by atoms with Crippen LogP contribution in [0, 0.1) is 11.7 Å². The highest BCUT2D eigenvalue weighted by Gasteiger charge is 2.24. The van der Waals surface area contributed by atoms with Crippen LogP contribution in [-0.4, -0.2) is 44.6 Å². The van der Waals surface area contributed by atoms with Gasteiger partial charge in [0.1, 0.15) is 5.82 Å². The molecule has 4 N–H and O–H groups in total. The smallest absolute Gasteiger partial charge is 0.222 e. The molecule has 1 saturated heterocycles. The van der Waals surface area contributed by atoms with E-state index in [4.69, 9.17) is 17.3 Å². The van der Waals surface area contributed by atoms with E-state index in [1.54, 1.807) is 19.2 Å². The molecule has 1 amide bonds. The molecule has 0 saturated carbocycles. The summed E-state index contributed by atoms with van der Waals surface area (Å²) in [4.78, 5) is 18.4. The van der Waals surface area contributed by atoms with E-state index in [1.807, 2.05) is 24.3 Å². The zero-order valence-electron chi connectivity index (χ0n) is 16.9. The molecule has 2 aromatic rings. The second-order valence-electron chi connectivity index (χ2n) is 7.44. The van der Waals surface area contributed by atoms with Crippen LogP contribution in [0.3, 0.4) is 0 Å². The summed E-state index contributed by atoms with van der Waals surface area (Å²) in [5.41, 5.74) is 7.53. The minimum absolute atomic E-state index is 0.222. The Balaban J connectivity index is 1.52. The predicted molar refractivity (Wildman–Crippen MR) is 119 cm³/mol. The molecule has 0 bridgehead atoms. The SMILES string of the molecule is CN=C(NCC(Cc1ccc(F)cc1)C(N)=O)NC1CCN(c2cccc(Cl)c2)C1. The number of nitrogens with two attached hydrogens (primary N) is 1. The molecule has 160 valence electrons. The van der Waals surface area contributed by atoms with Gasteiger partial charge >= 0.3 is 0 Å². The van der Waals surface area contributed by atoms with E-state index >= 15 is 0 Å². The van der Waals surface area contributed by atoms with Gasteiger partial charge in [-0.15, -0.1) is 0 Å². The average Bonchev–Trinajstić information content (AvgIpc) is 3.20. The number of guanidine groups is 1. The normalized spacial score (nSPS) is 17.6. The van der Waals surface area contributed by atoms with Gasteiger partial charge < -0.3 is 21.3 Å². The number of hydrogen-bond acceptors (Lipinski definition) is 3. The first-order valence-corrected chi connectivity index (χ1v) is 10.3. The predicted octanol–water partition coefficient (Wildman–Crippen LogP) is 2.57. The van der Waals surface area contributed by atoms with E-state index in [-0.39, 0.29) is 11.9 Å². The Kier molecular flexibility index (Phi) is 7.52. The van der Waals surface area contributed by atoms with E-state index in [2.05, 4.69) is 20.5 Å². The lowest BCUT2D eigenvalue weighted by Crippen LogP contribution is -2.47. The summed E-state index contributed by atoms with van der Waals surface area (Å²) in [7, 11) is 1.69. The van der Waals surface area contributed by atoms with E-state index < -0.39 is 11.8 Å². The van der Waals surface area contributed by atoms with E-state index in [0.717, 1.165) is 35.8 Å². The summed E-state index contributed by atoms with van der Waals surface area (Å²) in [6.45, 7) is 2.09. The monoisotopic (exact) mass is 431 g/mol. The van der Waals surface area contributed by atoms with Crippen LogP contribution < -0.4 is 21.3 Å². The second-order valence-corrected chi connectivity index (χ2v) is 7.88. The highest BCUT2D eigenvalue weighted by molar-refractivity contribution is 6.30. The number of nitrogens with one attached hydrogen (secondary N) is 2. The van der Waals surface area contributed by atoms with Crippen molar-refractivity contribution in [1.29, 1.82) is 0 Å². The van der Waals surface area contributed by atoms with Crippen LogP contribution in [0.5, 0.6) is 0 Å². The summed E-state index contributed by atoms with van der Waals surface area (Å²) in [6.07, 6.45) is 1.40. The molecule has 0 aromatic heterocycles. The van der Waals surface area contributed by atoms with Crippen LogP contribution in [0.4, 0.5) is 10.1 Å². The summed E-state index contributed by atoms with van der Waals surface area (Å²) in [5.74, 6) is -0.519. The number of halogens is 2. The number of primary amides is 1. The number of benzene rings is 2. The number of amides is 1. The summed E-state index contributed by atoms with van der Waals surface area (Å²) >= 11 is 6.10. The van der Waals surface area contributed by atoms with Gasteiger partial charge in [-0.2, -0.15) is 0 Å². The van der Waals surface area contributed by atoms with Crippen LogP contribution in [0.2, 0.25) is 5.02 Å². The fraction of sp³-hybridized carbons (Fsp3) is 0.364. The molecule has 8 heteroatoms. The van der Waals surface area contributed by atoms with Gasteiger partial charge in [-0.1, -0.05) is 29.8 Å². The molecule has 1 aliphatic rings. The Morgan fingerprint density at radius 2 is 2.10 bits per heavy atom. The maximum atomic E-state index is 13.1. The molecule has 2 aromatic carbocycles. The molecular weight excluding hydrogens is 405 g/mol. The Labute approximate surface area is 181 Å². The van der Waals surface area contributed by atoms with Gasteiger partial charge in [-0.3, -0.25) is 9.79 Å². The molecule has 6 nitrogen and oxygen atoms in total. The lowest BCUT2D eigenvalue weighted by molar-refractivity contribution is -0.121. The topological polar surface area (TPSA) is 82.7 Å². The van der Waals surface area contributed by atoms with Crippen molar-refractivity contribution in [1.82, 2.24) is 10.6 Å². The molecule has 1 heterocycles. The van der Waals surface area contributed by atoms with Gasteiger partial charge in [0.2, 0.25) is 5.91 Å².